The molecule has 0 fully saturated rings. The van der Waals surface area contributed by atoms with Crippen molar-refractivity contribution in [1.29, 1.82) is 0 Å². The number of aryl methyl sites for hydroxylation is 1. The van der Waals surface area contributed by atoms with Crippen molar-refractivity contribution >= 4 is 35.2 Å². The standard InChI is InChI=1S/C21H24ClN3O4/c1-13(2)24-21(28)23-11-15-4-6-16(7-5-15)20(27)29-12-19(26)25-18-9-8-17(22)10-14(18)3/h4-10,13H,11-12H2,1-3H3,(H,25,26)(H2,23,24,28). The molecule has 7 nitrogen and oxygen atoms in total. The smallest absolute Gasteiger partial charge is 0.338 e. The first-order valence-corrected chi connectivity index (χ1v) is 9.49. The van der Waals surface area contributed by atoms with Crippen LogP contribution in [0.4, 0.5) is 10.5 Å². The highest BCUT2D eigenvalue weighted by molar-refractivity contribution is 6.30. The topological polar surface area (TPSA) is 96.5 Å². The number of urea groups is 1. The van der Waals surface area contributed by atoms with Crippen molar-refractivity contribution in [1.82, 2.24) is 10.6 Å². The van der Waals surface area contributed by atoms with E-state index in [0.717, 1.165) is 11.1 Å². The molecule has 0 bridgehead atoms. The van der Waals surface area contributed by atoms with Gasteiger partial charge in [0.15, 0.2) is 6.61 Å². The SMILES string of the molecule is Cc1cc(Cl)ccc1NC(=O)COC(=O)c1ccc(CNC(=O)NC(C)C)cc1. The van der Waals surface area contributed by atoms with Gasteiger partial charge in [-0.15, -0.1) is 0 Å². The van der Waals surface area contributed by atoms with E-state index in [1.165, 1.54) is 0 Å². The van der Waals surface area contributed by atoms with Crippen LogP contribution in [-0.2, 0) is 16.1 Å². The summed E-state index contributed by atoms with van der Waals surface area (Å²) in [5.41, 5.74) is 2.56. The van der Waals surface area contributed by atoms with E-state index in [9.17, 15) is 14.4 Å². The summed E-state index contributed by atoms with van der Waals surface area (Å²) in [4.78, 5) is 35.7. The van der Waals surface area contributed by atoms with Crippen LogP contribution in [0.3, 0.4) is 0 Å². The lowest BCUT2D eigenvalue weighted by Crippen LogP contribution is -2.39. The first-order valence-electron chi connectivity index (χ1n) is 9.11. The van der Waals surface area contributed by atoms with Crippen LogP contribution in [0.25, 0.3) is 0 Å². The van der Waals surface area contributed by atoms with Crippen LogP contribution in [0.2, 0.25) is 5.02 Å². The number of hydrogen-bond donors (Lipinski definition) is 3. The van der Waals surface area contributed by atoms with Crippen molar-refractivity contribution in [2.75, 3.05) is 11.9 Å². The molecule has 0 aliphatic heterocycles. The summed E-state index contributed by atoms with van der Waals surface area (Å²) in [5.74, 6) is -1.05. The van der Waals surface area contributed by atoms with E-state index in [1.54, 1.807) is 42.5 Å². The Labute approximate surface area is 174 Å². The molecule has 0 aliphatic rings. The number of nitrogens with one attached hydrogen (secondary N) is 3. The largest absolute Gasteiger partial charge is 0.452 e. The Morgan fingerprint density at radius 1 is 1.07 bits per heavy atom. The van der Waals surface area contributed by atoms with Crippen LogP contribution in [0, 0.1) is 6.92 Å². The minimum atomic E-state index is -0.606. The fourth-order valence-corrected chi connectivity index (χ4v) is 2.65. The van der Waals surface area contributed by atoms with Crippen molar-refractivity contribution in [2.24, 2.45) is 0 Å². The molecule has 2 aromatic rings. The molecular weight excluding hydrogens is 394 g/mol. The molecule has 0 unspecified atom stereocenters. The summed E-state index contributed by atoms with van der Waals surface area (Å²) in [5, 5.41) is 8.70. The number of carbonyl (C=O) groups is 3. The third-order valence-corrected chi connectivity index (χ3v) is 4.09. The molecule has 0 heterocycles. The van der Waals surface area contributed by atoms with Gasteiger partial charge in [0.05, 0.1) is 5.56 Å². The number of anilines is 1. The number of ether oxygens (including phenoxy) is 1. The normalized spacial score (nSPS) is 10.4. The molecule has 8 heteroatoms. The zero-order valence-corrected chi connectivity index (χ0v) is 17.3. The number of esters is 1. The van der Waals surface area contributed by atoms with Crippen LogP contribution < -0.4 is 16.0 Å². The lowest BCUT2D eigenvalue weighted by atomic mass is 10.1. The predicted octanol–water partition coefficient (Wildman–Crippen LogP) is 3.65. The first kappa shape index (κ1) is 22.2. The van der Waals surface area contributed by atoms with Crippen LogP contribution in [0.5, 0.6) is 0 Å². The van der Waals surface area contributed by atoms with Gasteiger partial charge in [0, 0.05) is 23.3 Å². The Morgan fingerprint density at radius 3 is 2.38 bits per heavy atom. The highest BCUT2D eigenvalue weighted by atomic mass is 35.5. The molecule has 0 saturated heterocycles. The van der Waals surface area contributed by atoms with Gasteiger partial charge < -0.3 is 20.7 Å². The second kappa shape index (κ2) is 10.5. The van der Waals surface area contributed by atoms with Gasteiger partial charge in [-0.05, 0) is 62.2 Å². The molecule has 0 saturated carbocycles. The summed E-state index contributed by atoms with van der Waals surface area (Å²) in [6.45, 7) is 5.49. The predicted molar refractivity (Wildman–Crippen MR) is 112 cm³/mol. The average Bonchev–Trinajstić information content (AvgIpc) is 2.66. The maximum Gasteiger partial charge on any atom is 0.338 e. The third kappa shape index (κ3) is 7.46. The van der Waals surface area contributed by atoms with Crippen LogP contribution >= 0.6 is 11.6 Å². The van der Waals surface area contributed by atoms with Gasteiger partial charge in [-0.1, -0.05) is 23.7 Å². The second-order valence-electron chi connectivity index (χ2n) is 6.76. The highest BCUT2D eigenvalue weighted by Gasteiger charge is 2.11. The lowest BCUT2D eigenvalue weighted by molar-refractivity contribution is -0.119. The Kier molecular flexibility index (Phi) is 8.03. The lowest BCUT2D eigenvalue weighted by Gasteiger charge is -2.11. The monoisotopic (exact) mass is 417 g/mol. The molecule has 0 aromatic heterocycles. The summed E-state index contributed by atoms with van der Waals surface area (Å²) < 4.78 is 5.05. The number of amides is 3. The quantitative estimate of drug-likeness (QED) is 0.599. The molecule has 0 radical (unpaired) electrons. The Morgan fingerprint density at radius 2 is 1.76 bits per heavy atom. The first-order chi connectivity index (χ1) is 13.7. The van der Waals surface area contributed by atoms with Gasteiger partial charge >= 0.3 is 12.0 Å². The minimum Gasteiger partial charge on any atom is -0.452 e. The molecule has 2 aromatic carbocycles. The molecule has 2 rings (SSSR count). The number of halogens is 1. The van der Waals surface area contributed by atoms with Crippen molar-refractivity contribution in [3.05, 3.63) is 64.2 Å². The van der Waals surface area contributed by atoms with Gasteiger partial charge in [-0.2, -0.15) is 0 Å². The number of hydrogen-bond acceptors (Lipinski definition) is 4. The van der Waals surface area contributed by atoms with Crippen LogP contribution in [0.1, 0.15) is 35.3 Å². The van der Waals surface area contributed by atoms with Crippen LogP contribution in [0.15, 0.2) is 42.5 Å². The van der Waals surface area contributed by atoms with Crippen molar-refractivity contribution in [2.45, 2.75) is 33.4 Å². The van der Waals surface area contributed by atoms with Crippen LogP contribution in [-0.4, -0.2) is 30.6 Å². The summed E-state index contributed by atoms with van der Waals surface area (Å²) in [7, 11) is 0. The van der Waals surface area contributed by atoms with E-state index in [0.29, 0.717) is 22.8 Å². The van der Waals surface area contributed by atoms with Crippen molar-refractivity contribution in [3.8, 4) is 0 Å². The second-order valence-corrected chi connectivity index (χ2v) is 7.20. The zero-order valence-electron chi connectivity index (χ0n) is 16.5. The van der Waals surface area contributed by atoms with Gasteiger partial charge in [-0.3, -0.25) is 4.79 Å². The van der Waals surface area contributed by atoms with Crippen molar-refractivity contribution < 1.29 is 19.1 Å². The Balaban J connectivity index is 1.81. The fourth-order valence-electron chi connectivity index (χ4n) is 2.42. The van der Waals surface area contributed by atoms with E-state index in [4.69, 9.17) is 16.3 Å². The van der Waals surface area contributed by atoms with E-state index < -0.39 is 18.5 Å². The molecule has 0 atom stereocenters. The van der Waals surface area contributed by atoms with E-state index in [1.807, 2.05) is 20.8 Å². The molecule has 0 aliphatic carbocycles. The molecule has 3 N–H and O–H groups in total. The minimum absolute atomic E-state index is 0.0490. The number of carbonyl (C=O) groups excluding carboxylic acids is 3. The highest BCUT2D eigenvalue weighted by Crippen LogP contribution is 2.19. The van der Waals surface area contributed by atoms with Gasteiger partial charge in [0.1, 0.15) is 0 Å². The Hall–Kier alpha value is -3.06. The number of rotatable bonds is 7. The molecule has 154 valence electrons. The molecule has 0 spiro atoms. The molecular formula is C21H24ClN3O4. The third-order valence-electron chi connectivity index (χ3n) is 3.86. The number of benzene rings is 2. The summed E-state index contributed by atoms with van der Waals surface area (Å²) >= 11 is 5.88. The Bertz CT molecular complexity index is 882. The van der Waals surface area contributed by atoms with E-state index >= 15 is 0 Å². The van der Waals surface area contributed by atoms with Gasteiger partial charge in [0.25, 0.3) is 5.91 Å². The zero-order chi connectivity index (χ0) is 21.4. The fraction of sp³-hybridized carbons (Fsp3) is 0.286. The summed E-state index contributed by atoms with van der Waals surface area (Å²) in [6.07, 6.45) is 0. The van der Waals surface area contributed by atoms with Gasteiger partial charge in [0.2, 0.25) is 0 Å². The van der Waals surface area contributed by atoms with E-state index in [-0.39, 0.29) is 12.1 Å². The molecule has 3 amide bonds. The maximum atomic E-state index is 12.1. The maximum absolute atomic E-state index is 12.1. The van der Waals surface area contributed by atoms with Gasteiger partial charge in [-0.25, -0.2) is 9.59 Å². The average molecular weight is 418 g/mol. The van der Waals surface area contributed by atoms with Crippen molar-refractivity contribution in [3.63, 3.8) is 0 Å². The summed E-state index contributed by atoms with van der Waals surface area (Å²) in [6, 6.07) is 11.5. The van der Waals surface area contributed by atoms with E-state index in [2.05, 4.69) is 16.0 Å². The molecule has 29 heavy (non-hydrogen) atoms.